The summed E-state index contributed by atoms with van der Waals surface area (Å²) in [7, 11) is 2.00. The van der Waals surface area contributed by atoms with Crippen LogP contribution in [0, 0.1) is 0 Å². The van der Waals surface area contributed by atoms with Gasteiger partial charge in [-0.2, -0.15) is 0 Å². The number of aromatic nitrogens is 2. The van der Waals surface area contributed by atoms with Crippen LogP contribution >= 0.6 is 11.3 Å². The summed E-state index contributed by atoms with van der Waals surface area (Å²) in [6.07, 6.45) is 6.19. The summed E-state index contributed by atoms with van der Waals surface area (Å²) in [5.74, 6) is -0.0502. The van der Waals surface area contributed by atoms with Gasteiger partial charge >= 0.3 is 0 Å². The van der Waals surface area contributed by atoms with Crippen LogP contribution in [0.1, 0.15) is 29.7 Å². The Morgan fingerprint density at radius 2 is 2.03 bits per heavy atom. The number of amides is 1. The van der Waals surface area contributed by atoms with Crippen LogP contribution in [0.15, 0.2) is 41.5 Å². The molecule has 7 heteroatoms. The molecule has 1 amide bonds. The van der Waals surface area contributed by atoms with E-state index >= 15 is 0 Å². The zero-order valence-corrected chi connectivity index (χ0v) is 17.5. The molecule has 1 N–H and O–H groups in total. The topological polar surface area (TPSA) is 67.2 Å². The highest BCUT2D eigenvalue weighted by atomic mass is 32.1. The highest BCUT2D eigenvalue weighted by molar-refractivity contribution is 7.18. The van der Waals surface area contributed by atoms with Crippen LogP contribution < -0.4 is 15.8 Å². The maximum Gasteiger partial charge on any atom is 0.262 e. The summed E-state index contributed by atoms with van der Waals surface area (Å²) in [5, 5.41) is 3.72. The number of carbonyl (C=O) groups is 1. The Balaban J connectivity index is 1.33. The van der Waals surface area contributed by atoms with E-state index < -0.39 is 0 Å². The second-order valence-electron chi connectivity index (χ2n) is 7.49. The van der Waals surface area contributed by atoms with Crippen molar-refractivity contribution in [1.29, 1.82) is 0 Å². The van der Waals surface area contributed by atoms with Gasteiger partial charge in [-0.15, -0.1) is 11.3 Å². The molecule has 0 unspecified atom stereocenters. The number of fused-ring (bicyclic) bond motifs is 3. The van der Waals surface area contributed by atoms with Gasteiger partial charge in [-0.05, 0) is 43.4 Å². The molecule has 0 saturated heterocycles. The first-order valence-corrected chi connectivity index (χ1v) is 11.0. The lowest BCUT2D eigenvalue weighted by atomic mass is 9.97. The molecule has 4 rings (SSSR count). The van der Waals surface area contributed by atoms with E-state index in [-0.39, 0.29) is 17.9 Å². The number of rotatable bonds is 7. The van der Waals surface area contributed by atoms with Crippen molar-refractivity contribution in [2.24, 2.45) is 0 Å². The van der Waals surface area contributed by atoms with E-state index in [2.05, 4.69) is 15.2 Å². The number of benzene rings is 1. The summed E-state index contributed by atoms with van der Waals surface area (Å²) in [6.45, 7) is 1.64. The maximum atomic E-state index is 12.9. The van der Waals surface area contributed by atoms with Crippen LogP contribution in [0.4, 0.5) is 5.69 Å². The predicted molar refractivity (Wildman–Crippen MR) is 118 cm³/mol. The zero-order valence-electron chi connectivity index (χ0n) is 16.7. The van der Waals surface area contributed by atoms with Crippen LogP contribution in [0.3, 0.4) is 0 Å². The van der Waals surface area contributed by atoms with Crippen molar-refractivity contribution in [3.8, 4) is 0 Å². The molecule has 0 fully saturated rings. The second kappa shape index (κ2) is 8.78. The molecule has 1 aromatic carbocycles. The Morgan fingerprint density at radius 3 is 2.86 bits per heavy atom. The normalized spacial score (nSPS) is 13.3. The molecule has 6 nitrogen and oxygen atoms in total. The number of anilines is 1. The van der Waals surface area contributed by atoms with E-state index in [9.17, 15) is 9.59 Å². The first-order valence-electron chi connectivity index (χ1n) is 10.2. The Kier molecular flexibility index (Phi) is 5.94. The van der Waals surface area contributed by atoms with Gasteiger partial charge in [0, 0.05) is 43.7 Å². The van der Waals surface area contributed by atoms with Crippen molar-refractivity contribution < 1.29 is 4.79 Å². The number of hydrogen-bond donors (Lipinski definition) is 1. The third-order valence-electron chi connectivity index (χ3n) is 5.49. The van der Waals surface area contributed by atoms with Crippen LogP contribution in [-0.4, -0.2) is 35.6 Å². The van der Waals surface area contributed by atoms with Gasteiger partial charge in [0.2, 0.25) is 5.91 Å². The summed E-state index contributed by atoms with van der Waals surface area (Å²) in [4.78, 5) is 33.9. The lowest BCUT2D eigenvalue weighted by Crippen LogP contribution is -2.34. The first-order chi connectivity index (χ1) is 14.1. The van der Waals surface area contributed by atoms with E-state index in [1.54, 1.807) is 22.2 Å². The Hall–Kier alpha value is -2.67. The number of likely N-dealkylation sites (N-methyl/N-ethyl adjacent to an activating group) is 1. The fraction of sp³-hybridized carbons (Fsp3) is 0.409. The zero-order chi connectivity index (χ0) is 20.2. The summed E-state index contributed by atoms with van der Waals surface area (Å²) < 4.78 is 1.58. The molecule has 0 aliphatic heterocycles. The molecule has 0 bridgehead atoms. The van der Waals surface area contributed by atoms with E-state index in [4.69, 9.17) is 0 Å². The minimum Gasteiger partial charge on any atom is -0.373 e. The van der Waals surface area contributed by atoms with E-state index in [0.29, 0.717) is 13.1 Å². The van der Waals surface area contributed by atoms with Gasteiger partial charge in [-0.25, -0.2) is 4.98 Å². The Labute approximate surface area is 174 Å². The van der Waals surface area contributed by atoms with E-state index in [0.717, 1.165) is 41.7 Å². The Bertz CT molecular complexity index is 1060. The number of nitrogens with zero attached hydrogens (tertiary/aromatic N) is 3. The van der Waals surface area contributed by atoms with Crippen molar-refractivity contribution in [3.05, 3.63) is 57.5 Å². The molecule has 0 saturated carbocycles. The molecule has 29 heavy (non-hydrogen) atoms. The number of carbonyl (C=O) groups excluding carboxylic acids is 1. The van der Waals surface area contributed by atoms with Gasteiger partial charge in [-0.1, -0.05) is 18.2 Å². The third kappa shape index (κ3) is 4.34. The average Bonchev–Trinajstić information content (AvgIpc) is 3.13. The number of aryl methyl sites for hydroxylation is 3. The molecule has 1 aliphatic carbocycles. The smallest absolute Gasteiger partial charge is 0.262 e. The van der Waals surface area contributed by atoms with Gasteiger partial charge in [0.1, 0.15) is 4.83 Å². The number of nitrogens with one attached hydrogen (secondary N) is 1. The largest absolute Gasteiger partial charge is 0.373 e. The highest BCUT2D eigenvalue weighted by Crippen LogP contribution is 2.33. The standard InChI is InChI=1S/C22H26N4O2S/c1-25(16-7-3-2-4-8-16)14-12-23-19(27)11-13-26-15-24-21-20(22(26)28)17-9-5-6-10-18(17)29-21/h2-4,7-8,15H,5-6,9-14H2,1H3,(H,23,27). The number of para-hydroxylation sites is 1. The first kappa shape index (κ1) is 19.6. The van der Waals surface area contributed by atoms with Crippen LogP contribution in [0.2, 0.25) is 0 Å². The van der Waals surface area contributed by atoms with Gasteiger partial charge in [-0.3, -0.25) is 14.2 Å². The second-order valence-corrected chi connectivity index (χ2v) is 8.57. The predicted octanol–water partition coefficient (Wildman–Crippen LogP) is 2.98. The molecule has 0 atom stereocenters. The number of hydrogen-bond acceptors (Lipinski definition) is 5. The minimum absolute atomic E-state index is 0.00832. The van der Waals surface area contributed by atoms with Crippen molar-refractivity contribution in [2.45, 2.75) is 38.6 Å². The SMILES string of the molecule is CN(CCNC(=O)CCn1cnc2sc3c(c2c1=O)CCCC3)c1ccccc1. The molecule has 3 aromatic rings. The van der Waals surface area contributed by atoms with Gasteiger partial charge in [0.15, 0.2) is 0 Å². The number of thiophene rings is 1. The minimum atomic E-state index is -0.0502. The summed E-state index contributed by atoms with van der Waals surface area (Å²) in [5.41, 5.74) is 2.30. The van der Waals surface area contributed by atoms with Gasteiger partial charge in [0.25, 0.3) is 5.56 Å². The van der Waals surface area contributed by atoms with Crippen molar-refractivity contribution in [3.63, 3.8) is 0 Å². The van der Waals surface area contributed by atoms with Gasteiger partial charge < -0.3 is 10.2 Å². The molecule has 2 heterocycles. The van der Waals surface area contributed by atoms with Crippen LogP contribution in [-0.2, 0) is 24.2 Å². The molecular formula is C22H26N4O2S. The third-order valence-corrected chi connectivity index (χ3v) is 6.69. The van der Waals surface area contributed by atoms with Crippen molar-refractivity contribution in [1.82, 2.24) is 14.9 Å². The monoisotopic (exact) mass is 410 g/mol. The summed E-state index contributed by atoms with van der Waals surface area (Å²) in [6, 6.07) is 10.1. The Morgan fingerprint density at radius 1 is 1.24 bits per heavy atom. The van der Waals surface area contributed by atoms with Gasteiger partial charge in [0.05, 0.1) is 11.7 Å². The maximum absolute atomic E-state index is 12.9. The lowest BCUT2D eigenvalue weighted by Gasteiger charge is -2.19. The molecule has 152 valence electrons. The summed E-state index contributed by atoms with van der Waals surface area (Å²) >= 11 is 1.65. The quantitative estimate of drug-likeness (QED) is 0.650. The fourth-order valence-electron chi connectivity index (χ4n) is 3.83. The molecule has 0 spiro atoms. The van der Waals surface area contributed by atoms with Crippen LogP contribution in [0.25, 0.3) is 10.2 Å². The average molecular weight is 411 g/mol. The lowest BCUT2D eigenvalue weighted by molar-refractivity contribution is -0.121. The molecule has 1 aliphatic rings. The molecule has 0 radical (unpaired) electrons. The van der Waals surface area contributed by atoms with Crippen molar-refractivity contribution >= 4 is 33.1 Å². The van der Waals surface area contributed by atoms with E-state index in [1.807, 2.05) is 37.4 Å². The fourth-order valence-corrected chi connectivity index (χ4v) is 5.04. The molecular weight excluding hydrogens is 384 g/mol. The van der Waals surface area contributed by atoms with E-state index in [1.165, 1.54) is 16.9 Å². The van der Waals surface area contributed by atoms with Crippen LogP contribution in [0.5, 0.6) is 0 Å². The highest BCUT2D eigenvalue weighted by Gasteiger charge is 2.20. The van der Waals surface area contributed by atoms with Crippen molar-refractivity contribution in [2.75, 3.05) is 25.0 Å². The molecule has 2 aromatic heterocycles.